The Morgan fingerprint density at radius 3 is 2.77 bits per heavy atom. The van der Waals surface area contributed by atoms with Gasteiger partial charge in [0.2, 0.25) is 0 Å². The van der Waals surface area contributed by atoms with E-state index in [4.69, 9.17) is 5.11 Å². The van der Waals surface area contributed by atoms with Crippen molar-refractivity contribution in [2.75, 3.05) is 7.05 Å². The molecule has 0 unspecified atom stereocenters. The van der Waals surface area contributed by atoms with Crippen LogP contribution in [-0.2, 0) is 6.54 Å². The van der Waals surface area contributed by atoms with Crippen LogP contribution in [0.15, 0.2) is 24.3 Å². The molecule has 0 fully saturated rings. The zero-order chi connectivity index (χ0) is 8.97. The van der Waals surface area contributed by atoms with Gasteiger partial charge in [0.05, 0.1) is 5.56 Å². The summed E-state index contributed by atoms with van der Waals surface area (Å²) in [5, 5.41) is 11.6. The molecule has 0 amide bonds. The van der Waals surface area contributed by atoms with Crippen molar-refractivity contribution in [1.29, 1.82) is 0 Å². The van der Waals surface area contributed by atoms with Crippen LogP contribution in [0.3, 0.4) is 0 Å². The van der Waals surface area contributed by atoms with Crippen LogP contribution in [0.2, 0.25) is 0 Å². The van der Waals surface area contributed by atoms with Gasteiger partial charge in [0.1, 0.15) is 0 Å². The highest BCUT2D eigenvalue weighted by molar-refractivity contribution is 5.87. The summed E-state index contributed by atoms with van der Waals surface area (Å²) in [6, 6.07) is 6.89. The Hall–Kier alpha value is -1.06. The Morgan fingerprint density at radius 1 is 1.54 bits per heavy atom. The number of nitrogens with one attached hydrogen (secondary N) is 1. The molecule has 0 spiro atoms. The van der Waals surface area contributed by atoms with E-state index >= 15 is 0 Å². The van der Waals surface area contributed by atoms with Crippen LogP contribution >= 0.6 is 12.4 Å². The average molecular weight is 202 g/mol. The Morgan fingerprint density at radius 2 is 2.23 bits per heavy atom. The van der Waals surface area contributed by atoms with Crippen molar-refractivity contribution in [1.82, 2.24) is 5.32 Å². The molecule has 0 heterocycles. The highest BCUT2D eigenvalue weighted by Crippen LogP contribution is 2.04. The maximum Gasteiger partial charge on any atom is 0.335 e. The molecule has 0 saturated heterocycles. The number of hydrogen-bond acceptors (Lipinski definition) is 2. The van der Waals surface area contributed by atoms with Crippen LogP contribution in [0.25, 0.3) is 0 Å². The van der Waals surface area contributed by atoms with Gasteiger partial charge in [-0.05, 0) is 24.7 Å². The highest BCUT2D eigenvalue weighted by Gasteiger charge is 2.01. The third kappa shape index (κ3) is 3.44. The number of carbonyl (C=O) groups is 1. The SMILES string of the molecule is CNCc1cccc(C(=O)O)c1.Cl. The van der Waals surface area contributed by atoms with E-state index in [1.807, 2.05) is 13.1 Å². The maximum absolute atomic E-state index is 10.5. The minimum atomic E-state index is -0.882. The fourth-order valence-corrected chi connectivity index (χ4v) is 1.02. The molecule has 0 aliphatic rings. The van der Waals surface area contributed by atoms with Crippen LogP contribution in [0.4, 0.5) is 0 Å². The molecule has 72 valence electrons. The summed E-state index contributed by atoms with van der Waals surface area (Å²) in [5.41, 5.74) is 1.32. The van der Waals surface area contributed by atoms with Crippen LogP contribution in [0, 0.1) is 0 Å². The standard InChI is InChI=1S/C9H11NO2.ClH/c1-10-6-7-3-2-4-8(5-7)9(11)12;/h2-5,10H,6H2,1H3,(H,11,12);1H. The van der Waals surface area contributed by atoms with E-state index in [-0.39, 0.29) is 12.4 Å². The molecular weight excluding hydrogens is 190 g/mol. The lowest BCUT2D eigenvalue weighted by molar-refractivity contribution is 0.0697. The molecule has 1 aromatic rings. The highest BCUT2D eigenvalue weighted by atomic mass is 35.5. The normalized spacial score (nSPS) is 9.00. The van der Waals surface area contributed by atoms with E-state index in [1.54, 1.807) is 18.2 Å². The topological polar surface area (TPSA) is 49.3 Å². The van der Waals surface area contributed by atoms with Gasteiger partial charge >= 0.3 is 5.97 Å². The predicted octanol–water partition coefficient (Wildman–Crippen LogP) is 1.53. The molecule has 4 heteroatoms. The molecule has 0 radical (unpaired) electrons. The lowest BCUT2D eigenvalue weighted by Crippen LogP contribution is -2.06. The Kier molecular flexibility index (Phi) is 5.11. The third-order valence-electron chi connectivity index (χ3n) is 1.55. The lowest BCUT2D eigenvalue weighted by atomic mass is 10.1. The lowest BCUT2D eigenvalue weighted by Gasteiger charge is -2.00. The molecule has 0 atom stereocenters. The summed E-state index contributed by atoms with van der Waals surface area (Å²) in [6.07, 6.45) is 0. The first-order valence-corrected chi connectivity index (χ1v) is 3.71. The molecule has 2 N–H and O–H groups in total. The number of benzene rings is 1. The fraction of sp³-hybridized carbons (Fsp3) is 0.222. The zero-order valence-corrected chi connectivity index (χ0v) is 8.10. The van der Waals surface area contributed by atoms with Crippen molar-refractivity contribution in [3.63, 3.8) is 0 Å². The van der Waals surface area contributed by atoms with E-state index in [2.05, 4.69) is 5.32 Å². The minimum absolute atomic E-state index is 0. The smallest absolute Gasteiger partial charge is 0.335 e. The van der Waals surface area contributed by atoms with E-state index in [0.29, 0.717) is 12.1 Å². The number of aromatic carboxylic acids is 1. The van der Waals surface area contributed by atoms with Crippen molar-refractivity contribution in [3.8, 4) is 0 Å². The van der Waals surface area contributed by atoms with Gasteiger partial charge in [-0.2, -0.15) is 0 Å². The minimum Gasteiger partial charge on any atom is -0.478 e. The number of hydrogen-bond donors (Lipinski definition) is 2. The maximum atomic E-state index is 10.5. The van der Waals surface area contributed by atoms with Crippen molar-refractivity contribution in [2.24, 2.45) is 0 Å². The second-order valence-electron chi connectivity index (χ2n) is 2.54. The van der Waals surface area contributed by atoms with Crippen molar-refractivity contribution in [3.05, 3.63) is 35.4 Å². The predicted molar refractivity (Wildman–Crippen MR) is 53.4 cm³/mol. The molecule has 0 aliphatic carbocycles. The average Bonchev–Trinajstić information content (AvgIpc) is 2.05. The second kappa shape index (κ2) is 5.56. The summed E-state index contributed by atoms with van der Waals surface area (Å²) in [7, 11) is 1.83. The molecule has 1 rings (SSSR count). The summed E-state index contributed by atoms with van der Waals surface area (Å²) in [5.74, 6) is -0.882. The summed E-state index contributed by atoms with van der Waals surface area (Å²) < 4.78 is 0. The summed E-state index contributed by atoms with van der Waals surface area (Å²) in [4.78, 5) is 10.5. The molecule has 1 aromatic carbocycles. The second-order valence-corrected chi connectivity index (χ2v) is 2.54. The largest absolute Gasteiger partial charge is 0.478 e. The van der Waals surface area contributed by atoms with Crippen LogP contribution in [0.1, 0.15) is 15.9 Å². The zero-order valence-electron chi connectivity index (χ0n) is 7.28. The Labute approximate surface area is 83.2 Å². The van der Waals surface area contributed by atoms with Crippen LogP contribution in [-0.4, -0.2) is 18.1 Å². The molecule has 0 aliphatic heterocycles. The molecule has 13 heavy (non-hydrogen) atoms. The van der Waals surface area contributed by atoms with E-state index in [1.165, 1.54) is 0 Å². The van der Waals surface area contributed by atoms with Gasteiger partial charge in [-0.1, -0.05) is 12.1 Å². The van der Waals surface area contributed by atoms with Crippen LogP contribution < -0.4 is 5.32 Å². The van der Waals surface area contributed by atoms with Crippen molar-refractivity contribution >= 4 is 18.4 Å². The van der Waals surface area contributed by atoms with E-state index < -0.39 is 5.97 Å². The molecule has 0 aromatic heterocycles. The van der Waals surface area contributed by atoms with E-state index in [9.17, 15) is 4.79 Å². The van der Waals surface area contributed by atoms with Gasteiger partial charge in [0.15, 0.2) is 0 Å². The van der Waals surface area contributed by atoms with Gasteiger partial charge in [-0.15, -0.1) is 12.4 Å². The summed E-state index contributed by atoms with van der Waals surface area (Å²) in [6.45, 7) is 0.696. The Bertz CT molecular complexity index is 289. The number of carboxylic acid groups (broad SMARTS) is 1. The van der Waals surface area contributed by atoms with E-state index in [0.717, 1.165) is 5.56 Å². The first kappa shape index (κ1) is 11.9. The number of halogens is 1. The first-order valence-electron chi connectivity index (χ1n) is 3.71. The number of rotatable bonds is 3. The van der Waals surface area contributed by atoms with Crippen molar-refractivity contribution in [2.45, 2.75) is 6.54 Å². The quantitative estimate of drug-likeness (QED) is 0.780. The summed E-state index contributed by atoms with van der Waals surface area (Å²) >= 11 is 0. The molecule has 0 saturated carbocycles. The molecule has 3 nitrogen and oxygen atoms in total. The monoisotopic (exact) mass is 201 g/mol. The molecule has 0 bridgehead atoms. The van der Waals surface area contributed by atoms with Crippen molar-refractivity contribution < 1.29 is 9.90 Å². The van der Waals surface area contributed by atoms with Gasteiger partial charge in [0.25, 0.3) is 0 Å². The van der Waals surface area contributed by atoms with Crippen LogP contribution in [0.5, 0.6) is 0 Å². The van der Waals surface area contributed by atoms with Gasteiger partial charge in [-0.3, -0.25) is 0 Å². The van der Waals surface area contributed by atoms with Gasteiger partial charge in [0, 0.05) is 6.54 Å². The van der Waals surface area contributed by atoms with Gasteiger partial charge in [-0.25, -0.2) is 4.79 Å². The number of carboxylic acids is 1. The Balaban J connectivity index is 0.00000144. The fourth-order valence-electron chi connectivity index (χ4n) is 1.02. The first-order chi connectivity index (χ1) is 5.74. The van der Waals surface area contributed by atoms with Gasteiger partial charge < -0.3 is 10.4 Å². The molecular formula is C9H12ClNO2. The third-order valence-corrected chi connectivity index (χ3v) is 1.55.